The van der Waals surface area contributed by atoms with E-state index in [1.165, 1.54) is 5.56 Å². The molecule has 0 amide bonds. The Hall–Kier alpha value is -1.94. The molecular formula is C16H15NO2S. The van der Waals surface area contributed by atoms with Crippen molar-refractivity contribution >= 4 is 29.1 Å². The zero-order valence-electron chi connectivity index (χ0n) is 11.1. The van der Waals surface area contributed by atoms with Crippen molar-refractivity contribution in [1.29, 1.82) is 0 Å². The zero-order valence-corrected chi connectivity index (χ0v) is 12.0. The third-order valence-corrected chi connectivity index (χ3v) is 4.45. The van der Waals surface area contributed by atoms with Crippen molar-refractivity contribution in [3.8, 4) is 0 Å². The first kappa shape index (κ1) is 13.1. The van der Waals surface area contributed by atoms with Gasteiger partial charge in [-0.3, -0.25) is 0 Å². The van der Waals surface area contributed by atoms with Crippen molar-refractivity contribution in [2.45, 2.75) is 29.6 Å². The third-order valence-electron chi connectivity index (χ3n) is 3.32. The van der Waals surface area contributed by atoms with Crippen LogP contribution in [0.4, 0.5) is 11.4 Å². The predicted molar refractivity (Wildman–Crippen MR) is 81.2 cm³/mol. The molecule has 3 rings (SSSR count). The second-order valence-corrected chi connectivity index (χ2v) is 5.88. The summed E-state index contributed by atoms with van der Waals surface area (Å²) in [5.41, 5.74) is 3.30. The summed E-state index contributed by atoms with van der Waals surface area (Å²) >= 11 is 1.62. The second-order valence-electron chi connectivity index (χ2n) is 4.79. The highest BCUT2D eigenvalue weighted by Gasteiger charge is 2.21. The van der Waals surface area contributed by atoms with E-state index >= 15 is 0 Å². The van der Waals surface area contributed by atoms with E-state index in [-0.39, 0.29) is 0 Å². The lowest BCUT2D eigenvalue weighted by molar-refractivity contribution is 0.0698. The van der Waals surface area contributed by atoms with Crippen LogP contribution < -0.4 is 5.32 Å². The van der Waals surface area contributed by atoms with Gasteiger partial charge in [0.25, 0.3) is 0 Å². The van der Waals surface area contributed by atoms with Crippen molar-refractivity contribution in [2.75, 3.05) is 5.32 Å². The summed E-state index contributed by atoms with van der Waals surface area (Å²) in [6, 6.07) is 11.7. The molecule has 0 aromatic heterocycles. The van der Waals surface area contributed by atoms with Crippen LogP contribution in [0.15, 0.2) is 46.2 Å². The lowest BCUT2D eigenvalue weighted by Gasteiger charge is -2.22. The lowest BCUT2D eigenvalue weighted by atomic mass is 10.1. The monoisotopic (exact) mass is 285 g/mol. The van der Waals surface area contributed by atoms with Gasteiger partial charge >= 0.3 is 5.97 Å². The van der Waals surface area contributed by atoms with Gasteiger partial charge in [-0.15, -0.1) is 0 Å². The highest BCUT2D eigenvalue weighted by atomic mass is 32.2. The van der Waals surface area contributed by atoms with Crippen molar-refractivity contribution in [3.05, 3.63) is 47.5 Å². The Balaban J connectivity index is 2.03. The molecular weight excluding hydrogens is 270 g/mol. The van der Waals surface area contributed by atoms with Gasteiger partial charge < -0.3 is 10.4 Å². The molecule has 0 fully saturated rings. The van der Waals surface area contributed by atoms with E-state index in [0.29, 0.717) is 11.3 Å². The van der Waals surface area contributed by atoms with E-state index in [2.05, 4.69) is 30.4 Å². The molecule has 3 nitrogen and oxygen atoms in total. The molecule has 2 N–H and O–H groups in total. The summed E-state index contributed by atoms with van der Waals surface area (Å²) in [6.07, 6.45) is 2.13. The molecule has 102 valence electrons. The van der Waals surface area contributed by atoms with Crippen molar-refractivity contribution in [2.24, 2.45) is 0 Å². The van der Waals surface area contributed by atoms with E-state index in [1.807, 2.05) is 6.07 Å². The number of hydrogen-bond acceptors (Lipinski definition) is 3. The highest BCUT2D eigenvalue weighted by Crippen LogP contribution is 2.45. The molecule has 0 atom stereocenters. The molecule has 0 unspecified atom stereocenters. The number of carboxylic acid groups (broad SMARTS) is 1. The van der Waals surface area contributed by atoms with Gasteiger partial charge in [0.15, 0.2) is 0 Å². The molecule has 0 spiro atoms. The maximum atomic E-state index is 11.3. The molecule has 2 aromatic rings. The molecule has 2 aromatic carbocycles. The van der Waals surface area contributed by atoms with Crippen molar-refractivity contribution in [3.63, 3.8) is 0 Å². The van der Waals surface area contributed by atoms with Crippen LogP contribution in [-0.2, 0) is 6.42 Å². The number of anilines is 2. The average molecular weight is 285 g/mol. The molecule has 1 aliphatic heterocycles. The molecule has 0 bridgehead atoms. The van der Waals surface area contributed by atoms with Crippen LogP contribution in [0.2, 0.25) is 0 Å². The van der Waals surface area contributed by atoms with E-state index < -0.39 is 5.97 Å². The number of hydrogen-bond donors (Lipinski definition) is 2. The van der Waals surface area contributed by atoms with Gasteiger partial charge in [-0.2, -0.15) is 0 Å². The Morgan fingerprint density at radius 1 is 1.25 bits per heavy atom. The smallest absolute Gasteiger partial charge is 0.337 e. The number of aromatic carboxylic acids is 1. The van der Waals surface area contributed by atoms with Crippen LogP contribution >= 0.6 is 11.8 Å². The van der Waals surface area contributed by atoms with Gasteiger partial charge in [0, 0.05) is 9.79 Å². The number of rotatable bonds is 3. The fourth-order valence-corrected chi connectivity index (χ4v) is 3.39. The minimum Gasteiger partial charge on any atom is -0.478 e. The van der Waals surface area contributed by atoms with Gasteiger partial charge in [-0.25, -0.2) is 4.79 Å². The summed E-state index contributed by atoms with van der Waals surface area (Å²) in [5.74, 6) is -0.900. The largest absolute Gasteiger partial charge is 0.478 e. The maximum absolute atomic E-state index is 11.3. The van der Waals surface area contributed by atoms with E-state index in [4.69, 9.17) is 0 Å². The van der Waals surface area contributed by atoms with Gasteiger partial charge in [0.2, 0.25) is 0 Å². The van der Waals surface area contributed by atoms with Crippen molar-refractivity contribution in [1.82, 2.24) is 0 Å². The van der Waals surface area contributed by atoms with Crippen LogP contribution in [-0.4, -0.2) is 11.1 Å². The first-order valence-corrected chi connectivity index (χ1v) is 7.45. The number of aryl methyl sites for hydroxylation is 1. The van der Waals surface area contributed by atoms with Gasteiger partial charge in [-0.1, -0.05) is 37.2 Å². The van der Waals surface area contributed by atoms with Crippen LogP contribution in [0, 0.1) is 0 Å². The molecule has 0 aliphatic carbocycles. The first-order valence-electron chi connectivity index (χ1n) is 6.63. The Labute approximate surface area is 122 Å². The zero-order chi connectivity index (χ0) is 14.1. The van der Waals surface area contributed by atoms with Crippen LogP contribution in [0.3, 0.4) is 0 Å². The fraction of sp³-hybridized carbons (Fsp3) is 0.188. The minimum atomic E-state index is -0.900. The molecule has 0 radical (unpaired) electrons. The van der Waals surface area contributed by atoms with Gasteiger partial charge in [0.1, 0.15) is 0 Å². The standard InChI is InChI=1S/C16H15NO2S/c1-2-4-10-7-8-13-12(9-10)17-15-11(16(18)19)5-3-6-14(15)20-13/h3,5-9,17H,2,4H2,1H3,(H,18,19). The average Bonchev–Trinajstić information content (AvgIpc) is 2.44. The molecule has 1 heterocycles. The molecule has 1 aliphatic rings. The maximum Gasteiger partial charge on any atom is 0.337 e. The minimum absolute atomic E-state index is 0.321. The molecule has 0 saturated heterocycles. The topological polar surface area (TPSA) is 49.3 Å². The van der Waals surface area contributed by atoms with Crippen molar-refractivity contribution < 1.29 is 9.90 Å². The number of para-hydroxylation sites is 1. The van der Waals surface area contributed by atoms with E-state index in [9.17, 15) is 9.90 Å². The summed E-state index contributed by atoms with van der Waals surface area (Å²) in [4.78, 5) is 13.4. The fourth-order valence-electron chi connectivity index (χ4n) is 2.38. The van der Waals surface area contributed by atoms with Crippen LogP contribution in [0.1, 0.15) is 29.3 Å². The number of carbonyl (C=O) groups is 1. The van der Waals surface area contributed by atoms with Gasteiger partial charge in [0.05, 0.1) is 16.9 Å². The van der Waals surface area contributed by atoms with E-state index in [1.54, 1.807) is 23.9 Å². The molecule has 20 heavy (non-hydrogen) atoms. The Morgan fingerprint density at radius 3 is 2.85 bits per heavy atom. The number of fused-ring (bicyclic) bond motifs is 2. The van der Waals surface area contributed by atoms with Crippen LogP contribution in [0.25, 0.3) is 0 Å². The molecule has 0 saturated carbocycles. The second kappa shape index (κ2) is 5.21. The quantitative estimate of drug-likeness (QED) is 0.741. The van der Waals surface area contributed by atoms with E-state index in [0.717, 1.165) is 28.3 Å². The Morgan fingerprint density at radius 2 is 2.10 bits per heavy atom. The summed E-state index contributed by atoms with van der Waals surface area (Å²) in [5, 5.41) is 12.6. The highest BCUT2D eigenvalue weighted by molar-refractivity contribution is 7.99. The van der Waals surface area contributed by atoms with Gasteiger partial charge in [-0.05, 0) is 36.2 Å². The third kappa shape index (κ3) is 2.27. The molecule has 4 heteroatoms. The summed E-state index contributed by atoms with van der Waals surface area (Å²) < 4.78 is 0. The Bertz CT molecular complexity index is 682. The lowest BCUT2D eigenvalue weighted by Crippen LogP contribution is -2.07. The Kier molecular flexibility index (Phi) is 3.40. The normalized spacial score (nSPS) is 12.2. The SMILES string of the molecule is CCCc1ccc2c(c1)Nc1c(cccc1C(=O)O)S2. The summed E-state index contributed by atoms with van der Waals surface area (Å²) in [6.45, 7) is 2.15. The first-order chi connectivity index (χ1) is 9.69. The predicted octanol–water partition coefficient (Wildman–Crippen LogP) is 4.55. The number of benzene rings is 2. The number of carboxylic acids is 1. The number of nitrogens with one attached hydrogen (secondary N) is 1. The van der Waals surface area contributed by atoms with Crippen LogP contribution in [0.5, 0.6) is 0 Å². The summed E-state index contributed by atoms with van der Waals surface area (Å²) in [7, 11) is 0.